The minimum Gasteiger partial charge on any atom is -0.493 e. The molecule has 0 aromatic heterocycles. The van der Waals surface area contributed by atoms with Crippen molar-refractivity contribution in [3.63, 3.8) is 0 Å². The van der Waals surface area contributed by atoms with Crippen LogP contribution in [0.3, 0.4) is 0 Å². The highest BCUT2D eigenvalue weighted by Crippen LogP contribution is 2.18. The summed E-state index contributed by atoms with van der Waals surface area (Å²) in [5.74, 6) is 0.501. The first kappa shape index (κ1) is 16.1. The van der Waals surface area contributed by atoms with Gasteiger partial charge in [0.25, 0.3) is 0 Å². The molecule has 1 atom stereocenters. The molecule has 0 fully saturated rings. The number of hydrogen-bond acceptors (Lipinski definition) is 3. The SMILES string of the molecule is N#C[C@@H](NC(=O)CCOc1ccccc1)c1cccc(Br)c1. The fourth-order valence-corrected chi connectivity index (χ4v) is 2.30. The fraction of sp³-hybridized carbons (Fsp3) is 0.176. The zero-order valence-electron chi connectivity index (χ0n) is 11.8. The smallest absolute Gasteiger partial charge is 0.224 e. The number of nitrogens with zero attached hydrogens (tertiary/aromatic N) is 1. The quantitative estimate of drug-likeness (QED) is 0.857. The van der Waals surface area contributed by atoms with Crippen LogP contribution >= 0.6 is 15.9 Å². The molecule has 0 heterocycles. The number of nitrogens with one attached hydrogen (secondary N) is 1. The van der Waals surface area contributed by atoms with E-state index in [1.807, 2.05) is 48.5 Å². The summed E-state index contributed by atoms with van der Waals surface area (Å²) >= 11 is 3.35. The highest BCUT2D eigenvalue weighted by Gasteiger charge is 2.14. The number of carbonyl (C=O) groups is 1. The maximum atomic E-state index is 11.9. The van der Waals surface area contributed by atoms with Crippen molar-refractivity contribution < 1.29 is 9.53 Å². The topological polar surface area (TPSA) is 62.1 Å². The van der Waals surface area contributed by atoms with E-state index in [4.69, 9.17) is 4.74 Å². The maximum absolute atomic E-state index is 11.9. The van der Waals surface area contributed by atoms with E-state index in [0.29, 0.717) is 0 Å². The van der Waals surface area contributed by atoms with Gasteiger partial charge in [-0.2, -0.15) is 5.26 Å². The van der Waals surface area contributed by atoms with Crippen molar-refractivity contribution in [2.24, 2.45) is 0 Å². The number of nitriles is 1. The highest BCUT2D eigenvalue weighted by atomic mass is 79.9. The molecule has 112 valence electrons. The Morgan fingerprint density at radius 2 is 2.00 bits per heavy atom. The van der Waals surface area contributed by atoms with E-state index in [2.05, 4.69) is 27.3 Å². The van der Waals surface area contributed by atoms with Gasteiger partial charge < -0.3 is 10.1 Å². The van der Waals surface area contributed by atoms with E-state index < -0.39 is 6.04 Å². The largest absolute Gasteiger partial charge is 0.493 e. The Hall–Kier alpha value is -2.32. The van der Waals surface area contributed by atoms with Crippen LogP contribution in [0, 0.1) is 11.3 Å². The van der Waals surface area contributed by atoms with Crippen LogP contribution in [-0.4, -0.2) is 12.5 Å². The van der Waals surface area contributed by atoms with E-state index in [1.165, 1.54) is 0 Å². The molecule has 2 aromatic carbocycles. The van der Waals surface area contributed by atoms with Gasteiger partial charge >= 0.3 is 0 Å². The van der Waals surface area contributed by atoms with Gasteiger partial charge in [-0.3, -0.25) is 4.79 Å². The maximum Gasteiger partial charge on any atom is 0.224 e. The van der Waals surface area contributed by atoms with Crippen LogP contribution in [0.4, 0.5) is 0 Å². The lowest BCUT2D eigenvalue weighted by molar-refractivity contribution is -0.122. The highest BCUT2D eigenvalue weighted by molar-refractivity contribution is 9.10. The van der Waals surface area contributed by atoms with Crippen LogP contribution in [0.2, 0.25) is 0 Å². The molecular formula is C17H15BrN2O2. The predicted octanol–water partition coefficient (Wildman–Crippen LogP) is 3.60. The number of amides is 1. The van der Waals surface area contributed by atoms with Gasteiger partial charge in [-0.05, 0) is 29.8 Å². The lowest BCUT2D eigenvalue weighted by Gasteiger charge is -2.12. The molecule has 0 unspecified atom stereocenters. The van der Waals surface area contributed by atoms with Gasteiger partial charge in [-0.15, -0.1) is 0 Å². The first-order valence-electron chi connectivity index (χ1n) is 6.81. The van der Waals surface area contributed by atoms with Crippen LogP contribution in [-0.2, 0) is 4.79 Å². The second kappa shape index (κ2) is 8.20. The third kappa shape index (κ3) is 4.90. The van der Waals surface area contributed by atoms with Gasteiger partial charge in [-0.1, -0.05) is 46.3 Å². The summed E-state index contributed by atoms with van der Waals surface area (Å²) in [4.78, 5) is 11.9. The summed E-state index contributed by atoms with van der Waals surface area (Å²) in [5, 5.41) is 11.9. The number of para-hydroxylation sites is 1. The molecule has 0 aliphatic rings. The number of halogens is 1. The zero-order valence-corrected chi connectivity index (χ0v) is 13.4. The van der Waals surface area contributed by atoms with Crippen LogP contribution in [0.5, 0.6) is 5.75 Å². The second-order valence-electron chi connectivity index (χ2n) is 4.60. The van der Waals surface area contributed by atoms with Gasteiger partial charge in [-0.25, -0.2) is 0 Å². The van der Waals surface area contributed by atoms with E-state index >= 15 is 0 Å². The molecule has 0 saturated carbocycles. The molecule has 0 spiro atoms. The Morgan fingerprint density at radius 1 is 1.23 bits per heavy atom. The van der Waals surface area contributed by atoms with Crippen LogP contribution in [0.1, 0.15) is 18.0 Å². The summed E-state index contributed by atoms with van der Waals surface area (Å²) in [6.07, 6.45) is 0.196. The van der Waals surface area contributed by atoms with Crippen molar-refractivity contribution in [2.45, 2.75) is 12.5 Å². The Kier molecular flexibility index (Phi) is 5.99. The molecule has 5 heteroatoms. The number of ether oxygens (including phenoxy) is 1. The molecule has 2 aromatic rings. The Morgan fingerprint density at radius 3 is 2.68 bits per heavy atom. The van der Waals surface area contributed by atoms with Crippen molar-refractivity contribution in [3.05, 3.63) is 64.6 Å². The van der Waals surface area contributed by atoms with Crippen LogP contribution < -0.4 is 10.1 Å². The molecule has 2 rings (SSSR count). The number of rotatable bonds is 6. The van der Waals surface area contributed by atoms with Gasteiger partial charge in [0.1, 0.15) is 11.8 Å². The third-order valence-corrected chi connectivity index (χ3v) is 3.45. The van der Waals surface area contributed by atoms with Gasteiger partial charge in [0.15, 0.2) is 0 Å². The number of carbonyl (C=O) groups excluding carboxylic acids is 1. The van der Waals surface area contributed by atoms with Crippen LogP contribution in [0.15, 0.2) is 59.1 Å². The molecule has 4 nitrogen and oxygen atoms in total. The summed E-state index contributed by atoms with van der Waals surface area (Å²) in [7, 11) is 0. The van der Waals surface area contributed by atoms with Crippen molar-refractivity contribution in [3.8, 4) is 11.8 Å². The summed E-state index contributed by atoms with van der Waals surface area (Å²) in [5.41, 5.74) is 0.745. The lowest BCUT2D eigenvalue weighted by atomic mass is 10.1. The second-order valence-corrected chi connectivity index (χ2v) is 5.51. The van der Waals surface area contributed by atoms with Gasteiger partial charge in [0, 0.05) is 4.47 Å². The van der Waals surface area contributed by atoms with Crippen LogP contribution in [0.25, 0.3) is 0 Å². The predicted molar refractivity (Wildman–Crippen MR) is 87.2 cm³/mol. The first-order valence-corrected chi connectivity index (χ1v) is 7.60. The Labute approximate surface area is 137 Å². The van der Waals surface area contributed by atoms with Crippen molar-refractivity contribution >= 4 is 21.8 Å². The summed E-state index contributed by atoms with van der Waals surface area (Å²) in [6, 6.07) is 18.0. The minimum atomic E-state index is -0.665. The lowest BCUT2D eigenvalue weighted by Crippen LogP contribution is -2.28. The minimum absolute atomic E-state index is 0.196. The van der Waals surface area contributed by atoms with Crippen molar-refractivity contribution in [2.75, 3.05) is 6.61 Å². The van der Waals surface area contributed by atoms with Crippen molar-refractivity contribution in [1.82, 2.24) is 5.32 Å². The average molecular weight is 359 g/mol. The number of hydrogen-bond donors (Lipinski definition) is 1. The van der Waals surface area contributed by atoms with E-state index in [9.17, 15) is 10.1 Å². The standard InChI is InChI=1S/C17H15BrN2O2/c18-14-6-4-5-13(11-14)16(12-19)20-17(21)9-10-22-15-7-2-1-3-8-15/h1-8,11,16H,9-10H2,(H,20,21)/t16-/m1/s1. The Balaban J connectivity index is 1.84. The third-order valence-electron chi connectivity index (χ3n) is 2.96. The molecule has 0 bridgehead atoms. The van der Waals surface area contributed by atoms with Gasteiger partial charge in [0.2, 0.25) is 5.91 Å². The molecular weight excluding hydrogens is 344 g/mol. The van der Waals surface area contributed by atoms with E-state index in [0.717, 1.165) is 15.8 Å². The molecule has 0 aliphatic heterocycles. The first-order chi connectivity index (χ1) is 10.7. The van der Waals surface area contributed by atoms with E-state index in [1.54, 1.807) is 6.07 Å². The fourth-order valence-electron chi connectivity index (χ4n) is 1.89. The number of benzene rings is 2. The molecule has 22 heavy (non-hydrogen) atoms. The summed E-state index contributed by atoms with van der Waals surface area (Å²) in [6.45, 7) is 0.270. The summed E-state index contributed by atoms with van der Waals surface area (Å²) < 4.78 is 6.33. The van der Waals surface area contributed by atoms with Crippen molar-refractivity contribution in [1.29, 1.82) is 5.26 Å². The molecule has 0 radical (unpaired) electrons. The molecule has 0 aliphatic carbocycles. The molecule has 0 saturated heterocycles. The van der Waals surface area contributed by atoms with E-state index in [-0.39, 0.29) is 18.9 Å². The zero-order chi connectivity index (χ0) is 15.8. The molecule has 1 amide bonds. The van der Waals surface area contributed by atoms with Gasteiger partial charge in [0.05, 0.1) is 19.1 Å². The molecule has 1 N–H and O–H groups in total. The Bertz CT molecular complexity index is 668. The monoisotopic (exact) mass is 358 g/mol. The normalized spacial score (nSPS) is 11.3. The average Bonchev–Trinajstić information content (AvgIpc) is 2.53.